The monoisotopic (exact) mass is 678 g/mol. The van der Waals surface area contributed by atoms with Gasteiger partial charge in [-0.25, -0.2) is 0 Å². The number of ketones is 2. The normalized spacial score (nSPS) is 20.2. The predicted octanol–water partition coefficient (Wildman–Crippen LogP) is 5.47. The summed E-state index contributed by atoms with van der Waals surface area (Å²) < 4.78 is 28.9. The highest BCUT2D eigenvalue weighted by molar-refractivity contribution is 6.36. The average molecular weight is 679 g/mol. The van der Waals surface area contributed by atoms with Crippen LogP contribution in [-0.2, 0) is 22.4 Å². The third-order valence-corrected chi connectivity index (χ3v) is 9.89. The van der Waals surface area contributed by atoms with Crippen LogP contribution >= 0.6 is 11.6 Å². The molecule has 3 heterocycles. The first-order chi connectivity index (χ1) is 23.1. The van der Waals surface area contributed by atoms with Crippen molar-refractivity contribution in [2.45, 2.75) is 57.5 Å². The van der Waals surface area contributed by atoms with Crippen molar-refractivity contribution in [1.29, 1.82) is 0 Å². The van der Waals surface area contributed by atoms with E-state index in [-0.39, 0.29) is 58.1 Å². The second kappa shape index (κ2) is 13.5. The van der Waals surface area contributed by atoms with Gasteiger partial charge in [0.05, 0.1) is 33.3 Å². The van der Waals surface area contributed by atoms with Crippen LogP contribution in [0.15, 0.2) is 34.7 Å². The number of likely N-dealkylation sites (tertiary alicyclic amines) is 1. The summed E-state index contributed by atoms with van der Waals surface area (Å²) in [5, 5.41) is 2.99. The van der Waals surface area contributed by atoms with Gasteiger partial charge >= 0.3 is 0 Å². The van der Waals surface area contributed by atoms with E-state index >= 15 is 0 Å². The number of hydrogen-bond acceptors (Lipinski definition) is 9. The van der Waals surface area contributed by atoms with E-state index in [1.54, 1.807) is 38.3 Å². The third kappa shape index (κ3) is 5.67. The molecule has 0 saturated carbocycles. The fraction of sp³-hybridized carbons (Fsp3) is 0.444. The highest BCUT2D eigenvalue weighted by Gasteiger charge is 2.63. The molecule has 2 atom stereocenters. The number of furan rings is 1. The first kappa shape index (κ1) is 33.4. The summed E-state index contributed by atoms with van der Waals surface area (Å²) in [7, 11) is 4.40. The molecule has 254 valence electrons. The lowest BCUT2D eigenvalue weighted by atomic mass is 9.70. The van der Waals surface area contributed by atoms with Crippen molar-refractivity contribution >= 4 is 35.0 Å². The van der Waals surface area contributed by atoms with Crippen LogP contribution in [0.25, 0.3) is 11.3 Å². The lowest BCUT2D eigenvalue weighted by Gasteiger charge is -2.35. The number of amides is 2. The van der Waals surface area contributed by atoms with Gasteiger partial charge in [-0.3, -0.25) is 19.2 Å². The Morgan fingerprint density at radius 1 is 1.00 bits per heavy atom. The first-order valence-electron chi connectivity index (χ1n) is 16.2. The molecule has 1 N–H and O–H groups in total. The maximum Gasteiger partial charge on any atom is 0.237 e. The van der Waals surface area contributed by atoms with E-state index in [1.165, 1.54) is 20.3 Å². The van der Waals surface area contributed by atoms with Crippen molar-refractivity contribution in [3.8, 4) is 34.3 Å². The van der Waals surface area contributed by atoms with E-state index in [0.717, 1.165) is 25.8 Å². The Morgan fingerprint density at radius 3 is 2.44 bits per heavy atom. The number of carbonyl (C=O) groups excluding carboxylic acids is 4. The van der Waals surface area contributed by atoms with Crippen molar-refractivity contribution in [3.63, 3.8) is 0 Å². The lowest BCUT2D eigenvalue weighted by Crippen LogP contribution is -2.56. The Morgan fingerprint density at radius 2 is 1.73 bits per heavy atom. The number of ether oxygens (including phenoxy) is 4. The number of fused-ring (bicyclic) bond motifs is 2. The van der Waals surface area contributed by atoms with Crippen LogP contribution in [-0.4, -0.2) is 74.8 Å². The van der Waals surface area contributed by atoms with Gasteiger partial charge in [-0.15, -0.1) is 0 Å². The van der Waals surface area contributed by atoms with Gasteiger partial charge in [0, 0.05) is 55.6 Å². The highest BCUT2D eigenvalue weighted by atomic mass is 35.5. The number of Topliss-reactive ketones (excluding diaryl/α,β-unsaturated/α-hetero) is 2. The summed E-state index contributed by atoms with van der Waals surface area (Å²) in [5.74, 6) is -0.239. The molecule has 1 fully saturated rings. The molecule has 0 bridgehead atoms. The number of nitrogens with one attached hydrogen (secondary N) is 1. The predicted molar refractivity (Wildman–Crippen MR) is 177 cm³/mol. The Kier molecular flexibility index (Phi) is 9.42. The van der Waals surface area contributed by atoms with Crippen LogP contribution in [0.4, 0.5) is 0 Å². The molecule has 12 heteroatoms. The molecule has 1 aliphatic carbocycles. The largest absolute Gasteiger partial charge is 0.497 e. The topological polar surface area (TPSA) is 134 Å². The van der Waals surface area contributed by atoms with E-state index in [0.29, 0.717) is 54.3 Å². The van der Waals surface area contributed by atoms with Crippen molar-refractivity contribution < 1.29 is 42.5 Å². The molecule has 2 aromatic carbocycles. The summed E-state index contributed by atoms with van der Waals surface area (Å²) in [4.78, 5) is 56.7. The molecule has 2 unspecified atom stereocenters. The molecule has 3 aromatic rings. The third-order valence-electron chi connectivity index (χ3n) is 9.54. The van der Waals surface area contributed by atoms with Gasteiger partial charge in [0.15, 0.2) is 5.75 Å². The minimum absolute atomic E-state index is 0.0163. The zero-order valence-electron chi connectivity index (χ0n) is 27.5. The molecule has 1 spiro atoms. The van der Waals surface area contributed by atoms with Crippen LogP contribution in [0.2, 0.25) is 5.02 Å². The van der Waals surface area contributed by atoms with Crippen molar-refractivity contribution in [2.24, 2.45) is 5.92 Å². The lowest BCUT2D eigenvalue weighted by molar-refractivity contribution is -0.130. The zero-order chi connectivity index (χ0) is 34.2. The molecular weight excluding hydrogens is 640 g/mol. The molecule has 0 radical (unpaired) electrons. The molecule has 1 aromatic heterocycles. The zero-order valence-corrected chi connectivity index (χ0v) is 28.3. The molecular formula is C36H39ClN2O9. The van der Waals surface area contributed by atoms with Crippen molar-refractivity contribution in [2.75, 3.05) is 41.0 Å². The van der Waals surface area contributed by atoms with E-state index in [9.17, 15) is 19.2 Å². The SMILES string of the molecule is COc1ccc(-c2oc3c(c2CC(=O)NCCCN2CCCCCC2=O)C(=O)C2(Oc4c(Cl)c(OC)cc(OC)c4C2=O)C(C)C3)cc1. The molecule has 2 aliphatic heterocycles. The number of carbonyl (C=O) groups is 4. The van der Waals surface area contributed by atoms with Crippen LogP contribution < -0.4 is 24.3 Å². The number of rotatable bonds is 10. The molecule has 48 heavy (non-hydrogen) atoms. The van der Waals surface area contributed by atoms with Crippen LogP contribution in [0.3, 0.4) is 0 Å². The van der Waals surface area contributed by atoms with Crippen molar-refractivity contribution in [1.82, 2.24) is 10.2 Å². The van der Waals surface area contributed by atoms with Crippen LogP contribution in [0, 0.1) is 5.92 Å². The summed E-state index contributed by atoms with van der Waals surface area (Å²) in [6, 6.07) is 8.59. The van der Waals surface area contributed by atoms with E-state index in [1.807, 2.05) is 4.90 Å². The maximum atomic E-state index is 14.7. The smallest absolute Gasteiger partial charge is 0.237 e. The van der Waals surface area contributed by atoms with E-state index in [2.05, 4.69) is 5.32 Å². The van der Waals surface area contributed by atoms with E-state index < -0.39 is 23.1 Å². The Hall–Kier alpha value is -4.51. The van der Waals surface area contributed by atoms with Gasteiger partial charge in [0.25, 0.3) is 0 Å². The fourth-order valence-corrected chi connectivity index (χ4v) is 7.24. The standard InChI is InChI=1S/C36H39ClN2O9/c1-20-17-25-29(34(42)36(20)35(43)30-24(45-3)19-26(46-4)31(37)33(30)48-36)23(32(47-25)21-10-12-22(44-2)13-11-21)18-27(40)38-14-8-16-39-15-7-5-6-9-28(39)41/h10-13,19-20H,5-9,14-18H2,1-4H3,(H,38,40). The second-order valence-electron chi connectivity index (χ2n) is 12.4. The fourth-order valence-electron chi connectivity index (χ4n) is 6.97. The molecule has 1 saturated heterocycles. The number of nitrogens with zero attached hydrogens (tertiary/aromatic N) is 1. The van der Waals surface area contributed by atoms with Crippen LogP contribution in [0.1, 0.15) is 71.1 Å². The number of hydrogen-bond donors (Lipinski definition) is 1. The van der Waals surface area contributed by atoms with Gasteiger partial charge in [-0.2, -0.15) is 0 Å². The number of methoxy groups -OCH3 is 3. The molecule has 3 aliphatic rings. The van der Waals surface area contributed by atoms with Crippen molar-refractivity contribution in [3.05, 3.63) is 57.8 Å². The number of benzene rings is 2. The Bertz CT molecular complexity index is 1770. The summed E-state index contributed by atoms with van der Waals surface area (Å²) in [6.45, 7) is 3.40. The Balaban J connectivity index is 1.33. The van der Waals surface area contributed by atoms with Gasteiger partial charge < -0.3 is 33.6 Å². The second-order valence-corrected chi connectivity index (χ2v) is 12.8. The van der Waals surface area contributed by atoms with Gasteiger partial charge in [0.1, 0.15) is 39.4 Å². The average Bonchev–Trinajstić information content (AvgIpc) is 3.51. The number of halogens is 1. The molecule has 2 amide bonds. The summed E-state index contributed by atoms with van der Waals surface area (Å²) in [6.07, 6.45) is 4.09. The Labute approximate surface area is 283 Å². The minimum Gasteiger partial charge on any atom is -0.497 e. The summed E-state index contributed by atoms with van der Waals surface area (Å²) >= 11 is 6.61. The maximum absolute atomic E-state index is 14.7. The van der Waals surface area contributed by atoms with Gasteiger partial charge in [0.2, 0.25) is 29.0 Å². The summed E-state index contributed by atoms with van der Waals surface area (Å²) in [5.41, 5.74) is -0.751. The molecule has 6 rings (SSSR count). The van der Waals surface area contributed by atoms with Crippen LogP contribution in [0.5, 0.6) is 23.0 Å². The quantitative estimate of drug-likeness (QED) is 0.219. The van der Waals surface area contributed by atoms with E-state index in [4.69, 9.17) is 35.0 Å². The molecule has 11 nitrogen and oxygen atoms in total. The van der Waals surface area contributed by atoms with Gasteiger partial charge in [-0.1, -0.05) is 24.9 Å². The first-order valence-corrected chi connectivity index (χ1v) is 16.6. The van der Waals surface area contributed by atoms with Gasteiger partial charge in [-0.05, 0) is 43.5 Å². The highest BCUT2D eigenvalue weighted by Crippen LogP contribution is 2.54. The minimum atomic E-state index is -1.95.